The summed E-state index contributed by atoms with van der Waals surface area (Å²) in [5.41, 5.74) is 4.54. The van der Waals surface area contributed by atoms with Crippen molar-refractivity contribution >= 4 is 28.2 Å². The molecule has 4 aromatic rings. The van der Waals surface area contributed by atoms with Gasteiger partial charge < -0.3 is 4.98 Å². The summed E-state index contributed by atoms with van der Waals surface area (Å²) in [5.74, 6) is 1.29. The smallest absolute Gasteiger partial charge is 0.141 e. The Morgan fingerprint density at radius 1 is 1.07 bits per heavy atom. The van der Waals surface area contributed by atoms with E-state index in [0.717, 1.165) is 39.6 Å². The molecule has 3 aromatic heterocycles. The van der Waals surface area contributed by atoms with E-state index in [4.69, 9.17) is 11.6 Å². The van der Waals surface area contributed by atoms with Crippen LogP contribution in [0.4, 0.5) is 0 Å². The third-order valence-corrected chi connectivity index (χ3v) is 6.24. The highest BCUT2D eigenvalue weighted by Gasteiger charge is 2.26. The molecule has 0 aliphatic heterocycles. The van der Waals surface area contributed by atoms with Crippen molar-refractivity contribution in [3.8, 4) is 0 Å². The lowest BCUT2D eigenvalue weighted by atomic mass is 9.78. The Labute approximate surface area is 162 Å². The van der Waals surface area contributed by atoms with Crippen LogP contribution in [0.25, 0.3) is 16.6 Å². The highest BCUT2D eigenvalue weighted by Crippen LogP contribution is 2.39. The van der Waals surface area contributed by atoms with E-state index >= 15 is 0 Å². The number of hydrogen-bond donors (Lipinski definition) is 1. The van der Waals surface area contributed by atoms with Gasteiger partial charge in [-0.1, -0.05) is 28.9 Å². The molecule has 0 atom stereocenters. The second-order valence-corrected chi connectivity index (χ2v) is 8.07. The summed E-state index contributed by atoms with van der Waals surface area (Å²) in [6.07, 6.45) is 11.0. The molecule has 3 heterocycles. The second-order valence-electron chi connectivity index (χ2n) is 7.64. The Balaban J connectivity index is 1.27. The van der Waals surface area contributed by atoms with Gasteiger partial charge >= 0.3 is 0 Å². The van der Waals surface area contributed by atoms with Gasteiger partial charge in [-0.2, -0.15) is 0 Å². The molecule has 1 saturated carbocycles. The molecule has 1 fully saturated rings. The molecule has 1 N–H and O–H groups in total. The molecule has 27 heavy (non-hydrogen) atoms. The number of nitrogens with zero attached hydrogens (tertiary/aromatic N) is 4. The molecular formula is C21H22ClN5. The number of rotatable bonds is 4. The van der Waals surface area contributed by atoms with Gasteiger partial charge in [0.05, 0.1) is 5.69 Å². The van der Waals surface area contributed by atoms with Gasteiger partial charge in [0.2, 0.25) is 0 Å². The first kappa shape index (κ1) is 16.8. The van der Waals surface area contributed by atoms with Crippen molar-refractivity contribution in [1.29, 1.82) is 0 Å². The molecule has 0 spiro atoms. The lowest BCUT2D eigenvalue weighted by Crippen LogP contribution is -2.14. The van der Waals surface area contributed by atoms with Gasteiger partial charge in [0, 0.05) is 22.5 Å². The van der Waals surface area contributed by atoms with Gasteiger partial charge in [-0.15, -0.1) is 5.10 Å². The minimum Gasteiger partial charge on any atom is -0.346 e. The summed E-state index contributed by atoms with van der Waals surface area (Å²) < 4.78 is 1.82. The van der Waals surface area contributed by atoms with Crippen LogP contribution >= 0.6 is 11.6 Å². The maximum Gasteiger partial charge on any atom is 0.141 e. The standard InChI is InChI=1S/C21H22ClN5/c22-17-9-5-15(6-10-17)2-1-14-3-7-16(8-4-14)19-20-18-11-12-23-21(18)24-13-27(20)26-25-19/h5-6,9-14,16,23H,1-4,7-8H2. The number of aromatic amines is 1. The van der Waals surface area contributed by atoms with Crippen LogP contribution in [0.5, 0.6) is 0 Å². The number of nitrogens with one attached hydrogen (secondary N) is 1. The van der Waals surface area contributed by atoms with E-state index < -0.39 is 0 Å². The summed E-state index contributed by atoms with van der Waals surface area (Å²) in [5, 5.41) is 10.8. The maximum atomic E-state index is 5.98. The van der Waals surface area contributed by atoms with Crippen LogP contribution in [0.1, 0.15) is 49.3 Å². The predicted molar refractivity (Wildman–Crippen MR) is 107 cm³/mol. The summed E-state index contributed by atoms with van der Waals surface area (Å²) in [4.78, 5) is 7.58. The Hall–Kier alpha value is -2.40. The first-order valence-corrected chi connectivity index (χ1v) is 10.1. The van der Waals surface area contributed by atoms with Crippen molar-refractivity contribution in [2.45, 2.75) is 44.4 Å². The molecule has 5 nitrogen and oxygen atoms in total. The van der Waals surface area contributed by atoms with Crippen LogP contribution in [0.2, 0.25) is 5.02 Å². The van der Waals surface area contributed by atoms with Gasteiger partial charge in [-0.05, 0) is 68.2 Å². The van der Waals surface area contributed by atoms with Crippen molar-refractivity contribution < 1.29 is 0 Å². The van der Waals surface area contributed by atoms with Crippen LogP contribution in [0.15, 0.2) is 42.9 Å². The van der Waals surface area contributed by atoms with Crippen LogP contribution < -0.4 is 0 Å². The summed E-state index contributed by atoms with van der Waals surface area (Å²) >= 11 is 5.98. The third kappa shape index (κ3) is 3.21. The van der Waals surface area contributed by atoms with Gasteiger partial charge in [0.1, 0.15) is 17.5 Å². The SMILES string of the molecule is Clc1ccc(CCC2CCC(c3nnn4cnc5[nH]ccc5c34)CC2)cc1. The topological polar surface area (TPSA) is 58.9 Å². The number of aromatic nitrogens is 5. The van der Waals surface area contributed by atoms with Crippen LogP contribution in [-0.4, -0.2) is 24.8 Å². The zero-order valence-electron chi connectivity index (χ0n) is 15.1. The van der Waals surface area contributed by atoms with Crippen molar-refractivity contribution in [2.24, 2.45) is 5.92 Å². The number of halogens is 1. The largest absolute Gasteiger partial charge is 0.346 e. The Morgan fingerprint density at radius 2 is 1.89 bits per heavy atom. The molecule has 0 amide bonds. The monoisotopic (exact) mass is 379 g/mol. The van der Waals surface area contributed by atoms with E-state index in [2.05, 4.69) is 38.5 Å². The molecule has 0 unspecified atom stereocenters. The second kappa shape index (κ2) is 6.97. The molecular weight excluding hydrogens is 358 g/mol. The van der Waals surface area contributed by atoms with E-state index in [9.17, 15) is 0 Å². The molecule has 1 aromatic carbocycles. The molecule has 1 aliphatic rings. The molecule has 0 saturated heterocycles. The third-order valence-electron chi connectivity index (χ3n) is 5.99. The maximum absolute atomic E-state index is 5.98. The van der Waals surface area contributed by atoms with Crippen molar-refractivity contribution in [2.75, 3.05) is 0 Å². The van der Waals surface area contributed by atoms with Crippen LogP contribution in [0.3, 0.4) is 0 Å². The first-order valence-electron chi connectivity index (χ1n) is 9.69. The quantitative estimate of drug-likeness (QED) is 0.532. The lowest BCUT2D eigenvalue weighted by molar-refractivity contribution is 0.308. The number of fused-ring (bicyclic) bond motifs is 3. The molecule has 1 aliphatic carbocycles. The molecule has 5 rings (SSSR count). The molecule has 0 radical (unpaired) electrons. The van der Waals surface area contributed by atoms with E-state index in [1.807, 2.05) is 22.8 Å². The van der Waals surface area contributed by atoms with Crippen LogP contribution in [-0.2, 0) is 6.42 Å². The molecule has 0 bridgehead atoms. The number of H-pyrrole nitrogens is 1. The Bertz CT molecular complexity index is 1060. The zero-order valence-corrected chi connectivity index (χ0v) is 15.9. The van der Waals surface area contributed by atoms with E-state index in [-0.39, 0.29) is 0 Å². The average Bonchev–Trinajstić information content (AvgIpc) is 3.34. The number of benzene rings is 1. The van der Waals surface area contributed by atoms with Crippen LogP contribution in [0, 0.1) is 5.92 Å². The van der Waals surface area contributed by atoms with E-state index in [0.29, 0.717) is 5.92 Å². The molecule has 138 valence electrons. The normalized spacial score (nSPS) is 20.5. The highest BCUT2D eigenvalue weighted by atomic mass is 35.5. The zero-order chi connectivity index (χ0) is 18.2. The highest BCUT2D eigenvalue weighted by molar-refractivity contribution is 6.30. The minimum absolute atomic E-state index is 0.495. The fourth-order valence-corrected chi connectivity index (χ4v) is 4.57. The van der Waals surface area contributed by atoms with Gasteiger partial charge in [-0.25, -0.2) is 9.50 Å². The summed E-state index contributed by atoms with van der Waals surface area (Å²) in [6, 6.07) is 10.3. The van der Waals surface area contributed by atoms with E-state index in [1.54, 1.807) is 6.33 Å². The van der Waals surface area contributed by atoms with Crippen molar-refractivity contribution in [1.82, 2.24) is 24.8 Å². The van der Waals surface area contributed by atoms with Crippen molar-refractivity contribution in [3.05, 3.63) is 59.1 Å². The fourth-order valence-electron chi connectivity index (χ4n) is 4.44. The fraction of sp³-hybridized carbons (Fsp3) is 0.381. The summed E-state index contributed by atoms with van der Waals surface area (Å²) in [7, 11) is 0. The predicted octanol–water partition coefficient (Wildman–Crippen LogP) is 5.17. The molecule has 6 heteroatoms. The lowest BCUT2D eigenvalue weighted by Gasteiger charge is -2.27. The van der Waals surface area contributed by atoms with Gasteiger partial charge in [-0.3, -0.25) is 0 Å². The number of hydrogen-bond acceptors (Lipinski definition) is 3. The Morgan fingerprint density at radius 3 is 2.70 bits per heavy atom. The Kier molecular flexibility index (Phi) is 4.32. The summed E-state index contributed by atoms with van der Waals surface area (Å²) in [6.45, 7) is 0. The van der Waals surface area contributed by atoms with Gasteiger partial charge in [0.25, 0.3) is 0 Å². The number of aryl methyl sites for hydroxylation is 1. The van der Waals surface area contributed by atoms with Gasteiger partial charge in [0.15, 0.2) is 0 Å². The first-order chi connectivity index (χ1) is 13.3. The average molecular weight is 380 g/mol. The van der Waals surface area contributed by atoms with E-state index in [1.165, 1.54) is 37.7 Å². The van der Waals surface area contributed by atoms with Crippen molar-refractivity contribution in [3.63, 3.8) is 0 Å². The minimum atomic E-state index is 0.495.